The van der Waals surface area contributed by atoms with Gasteiger partial charge in [-0.15, -0.1) is 0 Å². The third-order valence-corrected chi connectivity index (χ3v) is 4.93. The van der Waals surface area contributed by atoms with E-state index in [9.17, 15) is 24.6 Å². The lowest BCUT2D eigenvalue weighted by molar-refractivity contribution is -0.443. The third kappa shape index (κ3) is 7.76. The van der Waals surface area contributed by atoms with Crippen molar-refractivity contribution in [1.82, 2.24) is 21.3 Å². The Bertz CT molecular complexity index is 946. The molecule has 0 saturated heterocycles. The van der Waals surface area contributed by atoms with Crippen LogP contribution in [0.4, 0.5) is 0 Å². The molecule has 0 radical (unpaired) electrons. The highest BCUT2D eigenvalue weighted by molar-refractivity contribution is 6.39. The first-order valence-corrected chi connectivity index (χ1v) is 10.9. The average Bonchev–Trinajstić information content (AvgIpc) is 3.67. The van der Waals surface area contributed by atoms with Crippen LogP contribution < -0.4 is 41.5 Å². The Hall–Kier alpha value is -4.53. The largest absolute Gasteiger partial charge is 0.545 e. The lowest BCUT2D eigenvalue weighted by atomic mass is 10.1. The molecule has 0 amide bonds. The molecule has 9 N–H and O–H groups in total. The number of carbonyl (C=O) groups is 3. The molecule has 0 saturated carbocycles. The highest BCUT2D eigenvalue weighted by atomic mass is 16.4. The molecule has 1 aromatic rings. The molecule has 0 atom stereocenters. The second-order valence-electron chi connectivity index (χ2n) is 7.45. The van der Waals surface area contributed by atoms with Gasteiger partial charge in [0.1, 0.15) is 26.2 Å². The quantitative estimate of drug-likeness (QED) is 0.199. The van der Waals surface area contributed by atoms with Gasteiger partial charge in [-0.2, -0.15) is 0 Å². The van der Waals surface area contributed by atoms with E-state index in [0.29, 0.717) is 0 Å². The number of rotatable bonds is 5. The summed E-state index contributed by atoms with van der Waals surface area (Å²) in [6.45, 7) is 7.80. The van der Waals surface area contributed by atoms with E-state index >= 15 is 0 Å². The van der Waals surface area contributed by atoms with Gasteiger partial charge in [-0.3, -0.25) is 30.6 Å². The van der Waals surface area contributed by atoms with E-state index in [1.807, 2.05) is 0 Å². The molecule has 36 heavy (non-hydrogen) atoms. The van der Waals surface area contributed by atoms with E-state index in [-0.39, 0.29) is 5.48 Å². The van der Waals surface area contributed by atoms with Gasteiger partial charge in [-0.25, -0.2) is 4.79 Å². The van der Waals surface area contributed by atoms with Crippen molar-refractivity contribution < 1.29 is 45.2 Å². The highest BCUT2D eigenvalue weighted by Gasteiger charge is 2.21. The van der Waals surface area contributed by atoms with Crippen LogP contribution >= 0.6 is 0 Å². The van der Waals surface area contributed by atoms with Crippen LogP contribution in [0.1, 0.15) is 31.1 Å². The van der Waals surface area contributed by atoms with Crippen LogP contribution in [0.15, 0.2) is 28.2 Å². The van der Waals surface area contributed by atoms with Gasteiger partial charge in [-0.1, -0.05) is 0 Å². The van der Waals surface area contributed by atoms with Crippen LogP contribution in [0.3, 0.4) is 0 Å². The van der Waals surface area contributed by atoms with Gasteiger partial charge in [0.2, 0.25) is 11.7 Å². The van der Waals surface area contributed by atoms with Crippen LogP contribution in [0.25, 0.3) is 0 Å². The summed E-state index contributed by atoms with van der Waals surface area (Å²) in [5.74, 6) is -0.605. The molecule has 4 heterocycles. The molecule has 4 aliphatic heterocycles. The Labute approximate surface area is 205 Å². The summed E-state index contributed by atoms with van der Waals surface area (Å²) < 4.78 is 0. The van der Waals surface area contributed by atoms with Crippen molar-refractivity contribution in [2.24, 2.45) is 9.98 Å². The zero-order valence-electron chi connectivity index (χ0n) is 19.3. The summed E-state index contributed by atoms with van der Waals surface area (Å²) in [4.78, 5) is 46.3. The second kappa shape index (κ2) is 13.4. The molecule has 15 heteroatoms. The van der Waals surface area contributed by atoms with Gasteiger partial charge in [0.05, 0.1) is 30.6 Å². The van der Waals surface area contributed by atoms with Crippen molar-refractivity contribution in [2.45, 2.75) is 0 Å². The van der Waals surface area contributed by atoms with E-state index in [1.54, 1.807) is 0 Å². The predicted octanol–water partition coefficient (Wildman–Crippen LogP) is -8.57. The molecule has 4 aliphatic rings. The van der Waals surface area contributed by atoms with Crippen LogP contribution in [0.2, 0.25) is 0 Å². The van der Waals surface area contributed by atoms with E-state index < -0.39 is 34.6 Å². The van der Waals surface area contributed by atoms with Crippen molar-refractivity contribution in [3.8, 4) is 0 Å². The van der Waals surface area contributed by atoms with Gasteiger partial charge in [0, 0.05) is 13.1 Å². The first kappa shape index (κ1) is 27.7. The SMILES string of the molecule is C1CNC(C2=[NH+]CCN2)=N1.C1CNC(C2=[NH+]CCN2)=N1.O.O=C([O-])c1cc(C(=O)[O-])cc(C(=O)O)c1. The Balaban J connectivity index is 0.000000192. The highest BCUT2D eigenvalue weighted by Crippen LogP contribution is 2.09. The summed E-state index contributed by atoms with van der Waals surface area (Å²) >= 11 is 0. The molecule has 0 aromatic heterocycles. The standard InChI is InChI=1S/C9H6O6.2C6H10N4.H2O/c10-7(11)4-1-5(8(12)13)3-6(2-4)9(14)15;2*1-2-8-5(7-1)6-9-3-4-10-6;/h1-3H,(H,10,11)(H,12,13)(H,14,15);2*1-4H2,(H,7,8)(H,9,10);1H2. The number of amidine groups is 4. The minimum absolute atomic E-state index is 0. The number of hydrogen-bond donors (Lipinski definition) is 7. The van der Waals surface area contributed by atoms with E-state index in [4.69, 9.17) is 5.11 Å². The monoisotopic (exact) mass is 504 g/mol. The maximum Gasteiger partial charge on any atom is 0.335 e. The molecule has 0 bridgehead atoms. The molecule has 15 nitrogen and oxygen atoms in total. The lowest BCUT2D eigenvalue weighted by Gasteiger charge is -2.08. The van der Waals surface area contributed by atoms with Gasteiger partial charge >= 0.3 is 17.6 Å². The number of carbonyl (C=O) groups excluding carboxylic acids is 2. The molecular weight excluding hydrogens is 476 g/mol. The fraction of sp³-hybridized carbons (Fsp3) is 0.381. The van der Waals surface area contributed by atoms with Crippen molar-refractivity contribution in [1.29, 1.82) is 0 Å². The molecule has 0 unspecified atom stereocenters. The predicted molar refractivity (Wildman–Crippen MR) is 124 cm³/mol. The minimum Gasteiger partial charge on any atom is -0.545 e. The molecular formula is C21H28N8O7. The fourth-order valence-electron chi connectivity index (χ4n) is 3.33. The van der Waals surface area contributed by atoms with Gasteiger partial charge in [-0.05, 0) is 29.3 Å². The number of benzene rings is 1. The number of carboxylic acid groups (broad SMARTS) is 3. The molecule has 5 rings (SSSR count). The number of aliphatic imine (C=N–C) groups is 2. The van der Waals surface area contributed by atoms with Crippen LogP contribution in [0, 0.1) is 0 Å². The zero-order chi connectivity index (χ0) is 25.2. The van der Waals surface area contributed by atoms with Crippen molar-refractivity contribution in [2.75, 3.05) is 52.4 Å². The normalized spacial score (nSPS) is 16.9. The number of carboxylic acids is 3. The third-order valence-electron chi connectivity index (χ3n) is 4.93. The summed E-state index contributed by atoms with van der Waals surface area (Å²) in [7, 11) is 0. The first-order chi connectivity index (χ1) is 16.8. The van der Waals surface area contributed by atoms with Crippen LogP contribution in [0.5, 0.6) is 0 Å². The van der Waals surface area contributed by atoms with Crippen molar-refractivity contribution in [3.63, 3.8) is 0 Å². The number of nitrogens with zero attached hydrogens (tertiary/aromatic N) is 2. The Morgan fingerprint density at radius 3 is 1.42 bits per heavy atom. The average molecular weight is 505 g/mol. The Morgan fingerprint density at radius 1 is 0.722 bits per heavy atom. The molecule has 194 valence electrons. The maximum atomic E-state index is 10.5. The zero-order valence-corrected chi connectivity index (χ0v) is 19.3. The smallest absolute Gasteiger partial charge is 0.335 e. The van der Waals surface area contributed by atoms with Gasteiger partial charge < -0.3 is 41.0 Å². The molecule has 0 spiro atoms. The molecule has 0 aliphatic carbocycles. The van der Waals surface area contributed by atoms with Gasteiger partial charge in [0.15, 0.2) is 0 Å². The summed E-state index contributed by atoms with van der Waals surface area (Å²) in [5.41, 5.74) is -1.49. The summed E-state index contributed by atoms with van der Waals surface area (Å²) in [5, 5.41) is 42.2. The van der Waals surface area contributed by atoms with Gasteiger partial charge in [0.25, 0.3) is 0 Å². The second-order valence-corrected chi connectivity index (χ2v) is 7.45. The summed E-state index contributed by atoms with van der Waals surface area (Å²) in [6.07, 6.45) is 0. The number of nitrogens with one attached hydrogen (secondary N) is 6. The fourth-order valence-corrected chi connectivity index (χ4v) is 3.33. The van der Waals surface area contributed by atoms with Crippen LogP contribution in [-0.2, 0) is 0 Å². The first-order valence-electron chi connectivity index (χ1n) is 10.9. The molecule has 0 fully saturated rings. The summed E-state index contributed by atoms with van der Waals surface area (Å²) in [6, 6.07) is 2.39. The van der Waals surface area contributed by atoms with E-state index in [0.717, 1.165) is 93.9 Å². The van der Waals surface area contributed by atoms with E-state index in [2.05, 4.69) is 41.2 Å². The van der Waals surface area contributed by atoms with E-state index in [1.165, 1.54) is 0 Å². The number of aromatic carboxylic acids is 3. The topological polar surface area (TPSA) is 250 Å². The maximum absolute atomic E-state index is 10.5. The van der Waals surface area contributed by atoms with Crippen molar-refractivity contribution in [3.05, 3.63) is 34.9 Å². The van der Waals surface area contributed by atoms with Crippen molar-refractivity contribution >= 4 is 41.3 Å². The Kier molecular flexibility index (Phi) is 10.3. The molecule has 1 aromatic carbocycles. The Morgan fingerprint density at radius 2 is 1.14 bits per heavy atom. The lowest BCUT2D eigenvalue weighted by Crippen LogP contribution is -2.73. The minimum atomic E-state index is -1.65. The van der Waals surface area contributed by atoms with Crippen LogP contribution in [-0.4, -0.2) is 104 Å². The number of hydrogen-bond acceptors (Lipinski definition) is 11.